The fourth-order valence-corrected chi connectivity index (χ4v) is 4.02. The van der Waals surface area contributed by atoms with Gasteiger partial charge in [0, 0.05) is 38.8 Å². The minimum atomic E-state index is 0.563. The molecule has 2 unspecified atom stereocenters. The maximum absolute atomic E-state index is 5.49. The zero-order valence-corrected chi connectivity index (χ0v) is 17.5. The van der Waals surface area contributed by atoms with Gasteiger partial charge < -0.3 is 25.2 Å². The van der Waals surface area contributed by atoms with Crippen LogP contribution >= 0.6 is 12.2 Å². The van der Waals surface area contributed by atoms with Crippen LogP contribution in [0, 0.1) is 11.8 Å². The molecule has 2 aliphatic rings. The molecule has 0 aromatic carbocycles. The van der Waals surface area contributed by atoms with Gasteiger partial charge in [-0.2, -0.15) is 9.97 Å². The van der Waals surface area contributed by atoms with Gasteiger partial charge in [0.15, 0.2) is 5.11 Å². The monoisotopic (exact) mass is 392 g/mol. The van der Waals surface area contributed by atoms with Gasteiger partial charge in [0.2, 0.25) is 5.95 Å². The molecule has 3 rings (SSSR count). The van der Waals surface area contributed by atoms with Gasteiger partial charge in [-0.3, -0.25) is 0 Å². The molecule has 2 atom stereocenters. The Morgan fingerprint density at radius 2 is 1.78 bits per heavy atom. The van der Waals surface area contributed by atoms with Gasteiger partial charge in [-0.15, -0.1) is 0 Å². The number of nitrogens with zero attached hydrogens (tertiary/aromatic N) is 4. The van der Waals surface area contributed by atoms with Crippen molar-refractivity contribution in [1.29, 1.82) is 0 Å². The summed E-state index contributed by atoms with van der Waals surface area (Å²) in [6.45, 7) is 12.8. The Kier molecular flexibility index (Phi) is 7.07. The molecule has 150 valence electrons. The Balaban J connectivity index is 1.84. The Morgan fingerprint density at radius 3 is 2.41 bits per heavy atom. The first-order valence-corrected chi connectivity index (χ1v) is 10.5. The van der Waals surface area contributed by atoms with Crippen molar-refractivity contribution in [3.8, 4) is 0 Å². The largest absolute Gasteiger partial charge is 0.378 e. The van der Waals surface area contributed by atoms with Crippen LogP contribution in [-0.4, -0.2) is 61.0 Å². The number of hydrogen-bond acceptors (Lipinski definition) is 6. The summed E-state index contributed by atoms with van der Waals surface area (Å²) in [5.41, 5.74) is 0. The van der Waals surface area contributed by atoms with Crippen molar-refractivity contribution in [1.82, 2.24) is 15.3 Å². The zero-order chi connectivity index (χ0) is 19.2. The summed E-state index contributed by atoms with van der Waals surface area (Å²) in [6.07, 6.45) is 2.29. The lowest BCUT2D eigenvalue weighted by molar-refractivity contribution is 0.122. The topological polar surface area (TPSA) is 65.6 Å². The molecule has 0 bridgehead atoms. The number of hydrogen-bond donors (Lipinski definition) is 2. The normalized spacial score (nSPS) is 23.2. The zero-order valence-electron chi connectivity index (χ0n) is 16.7. The van der Waals surface area contributed by atoms with E-state index in [-0.39, 0.29) is 0 Å². The first-order chi connectivity index (χ1) is 13.0. The number of rotatable bonds is 5. The molecule has 0 spiro atoms. The predicted molar refractivity (Wildman–Crippen MR) is 115 cm³/mol. The third-order valence-electron chi connectivity index (χ3n) is 4.99. The van der Waals surface area contributed by atoms with E-state index in [0.717, 1.165) is 64.0 Å². The van der Waals surface area contributed by atoms with Crippen LogP contribution < -0.4 is 20.4 Å². The Bertz CT molecular complexity index is 627. The molecule has 3 heterocycles. The fraction of sp³-hybridized carbons (Fsp3) is 0.737. The molecule has 2 saturated heterocycles. The minimum absolute atomic E-state index is 0.563. The predicted octanol–water partition coefficient (Wildman–Crippen LogP) is 2.49. The van der Waals surface area contributed by atoms with E-state index in [0.29, 0.717) is 22.9 Å². The highest BCUT2D eigenvalue weighted by molar-refractivity contribution is 7.80. The van der Waals surface area contributed by atoms with Crippen LogP contribution in [0.15, 0.2) is 6.07 Å². The lowest BCUT2D eigenvalue weighted by Gasteiger charge is -2.36. The molecule has 2 N–H and O–H groups in total. The number of aromatic nitrogens is 2. The third-order valence-corrected chi connectivity index (χ3v) is 5.23. The molecule has 8 heteroatoms. The SMILES string of the molecule is CCCNC(=S)Nc1nc(N2CCOCC2)cc(N2CC(C)CC(C)C2)n1. The second kappa shape index (κ2) is 9.50. The average molecular weight is 393 g/mol. The molecule has 1 aromatic rings. The van der Waals surface area contributed by atoms with Crippen LogP contribution in [0.5, 0.6) is 0 Å². The van der Waals surface area contributed by atoms with E-state index in [9.17, 15) is 0 Å². The number of nitrogens with one attached hydrogen (secondary N) is 2. The van der Waals surface area contributed by atoms with E-state index in [1.807, 2.05) is 0 Å². The van der Waals surface area contributed by atoms with Crippen LogP contribution in [0.2, 0.25) is 0 Å². The Morgan fingerprint density at radius 1 is 1.15 bits per heavy atom. The average Bonchev–Trinajstić information content (AvgIpc) is 2.66. The van der Waals surface area contributed by atoms with E-state index in [2.05, 4.69) is 47.3 Å². The van der Waals surface area contributed by atoms with Crippen molar-refractivity contribution in [3.63, 3.8) is 0 Å². The van der Waals surface area contributed by atoms with Gasteiger partial charge in [0.1, 0.15) is 11.6 Å². The number of piperidine rings is 1. The van der Waals surface area contributed by atoms with Crippen molar-refractivity contribution in [3.05, 3.63) is 6.07 Å². The smallest absolute Gasteiger partial charge is 0.232 e. The summed E-state index contributed by atoms with van der Waals surface area (Å²) in [5, 5.41) is 6.93. The van der Waals surface area contributed by atoms with Crippen molar-refractivity contribution >= 4 is 34.9 Å². The highest BCUT2D eigenvalue weighted by atomic mass is 32.1. The van der Waals surface area contributed by atoms with Crippen molar-refractivity contribution in [2.75, 3.05) is 61.1 Å². The van der Waals surface area contributed by atoms with Gasteiger partial charge in [0.25, 0.3) is 0 Å². The molecule has 7 nitrogen and oxygen atoms in total. The summed E-state index contributed by atoms with van der Waals surface area (Å²) < 4.78 is 5.49. The maximum atomic E-state index is 5.49. The van der Waals surface area contributed by atoms with Crippen molar-refractivity contribution < 1.29 is 4.74 Å². The van der Waals surface area contributed by atoms with E-state index in [4.69, 9.17) is 26.9 Å². The highest BCUT2D eigenvalue weighted by Crippen LogP contribution is 2.28. The summed E-state index contributed by atoms with van der Waals surface area (Å²) in [5.74, 6) is 3.81. The Hall–Kier alpha value is -1.67. The number of ether oxygens (including phenoxy) is 1. The molecular formula is C19H32N6OS. The van der Waals surface area contributed by atoms with E-state index < -0.39 is 0 Å². The van der Waals surface area contributed by atoms with Crippen LogP contribution in [-0.2, 0) is 4.74 Å². The Labute approximate surface area is 167 Å². The van der Waals surface area contributed by atoms with Crippen LogP contribution in [0.1, 0.15) is 33.6 Å². The van der Waals surface area contributed by atoms with Gasteiger partial charge in [-0.05, 0) is 36.9 Å². The third kappa shape index (κ3) is 5.65. The van der Waals surface area contributed by atoms with Gasteiger partial charge in [-0.1, -0.05) is 20.8 Å². The van der Waals surface area contributed by atoms with Crippen molar-refractivity contribution in [2.45, 2.75) is 33.6 Å². The second-order valence-corrected chi connectivity index (χ2v) is 8.15. The minimum Gasteiger partial charge on any atom is -0.378 e. The van der Waals surface area contributed by atoms with E-state index in [1.165, 1.54) is 6.42 Å². The first kappa shape index (κ1) is 20.1. The molecule has 2 fully saturated rings. The van der Waals surface area contributed by atoms with E-state index in [1.54, 1.807) is 0 Å². The summed E-state index contributed by atoms with van der Waals surface area (Å²) in [7, 11) is 0. The molecule has 0 aliphatic carbocycles. The molecular weight excluding hydrogens is 360 g/mol. The maximum Gasteiger partial charge on any atom is 0.232 e. The molecule has 0 radical (unpaired) electrons. The standard InChI is InChI=1S/C19H32N6OS/c1-4-5-20-19(27)23-18-21-16(24-6-8-26-9-7-24)11-17(22-18)25-12-14(2)10-15(3)13-25/h11,14-15H,4-10,12-13H2,1-3H3,(H2,20,21,22,23,27). The highest BCUT2D eigenvalue weighted by Gasteiger charge is 2.25. The molecule has 0 amide bonds. The second-order valence-electron chi connectivity index (χ2n) is 7.74. The number of morpholine rings is 1. The molecule has 1 aromatic heterocycles. The summed E-state index contributed by atoms with van der Waals surface area (Å²) in [6, 6.07) is 2.11. The molecule has 0 saturated carbocycles. The van der Waals surface area contributed by atoms with Crippen LogP contribution in [0.25, 0.3) is 0 Å². The molecule has 27 heavy (non-hydrogen) atoms. The first-order valence-electron chi connectivity index (χ1n) is 10.1. The lowest BCUT2D eigenvalue weighted by Crippen LogP contribution is -2.40. The van der Waals surface area contributed by atoms with Gasteiger partial charge >= 0.3 is 0 Å². The van der Waals surface area contributed by atoms with Gasteiger partial charge in [-0.25, -0.2) is 0 Å². The lowest BCUT2D eigenvalue weighted by atomic mass is 9.92. The van der Waals surface area contributed by atoms with Crippen LogP contribution in [0.4, 0.5) is 17.6 Å². The number of anilines is 3. The molecule has 2 aliphatic heterocycles. The number of thiocarbonyl (C=S) groups is 1. The van der Waals surface area contributed by atoms with Crippen molar-refractivity contribution in [2.24, 2.45) is 11.8 Å². The van der Waals surface area contributed by atoms with E-state index >= 15 is 0 Å². The fourth-order valence-electron chi connectivity index (χ4n) is 3.83. The summed E-state index contributed by atoms with van der Waals surface area (Å²) >= 11 is 5.39. The van der Waals surface area contributed by atoms with Gasteiger partial charge in [0.05, 0.1) is 13.2 Å². The summed E-state index contributed by atoms with van der Waals surface area (Å²) in [4.78, 5) is 14.2. The quantitative estimate of drug-likeness (QED) is 0.741. The van der Waals surface area contributed by atoms with Crippen LogP contribution in [0.3, 0.4) is 0 Å².